The first-order valence-electron chi connectivity index (χ1n) is 7.21. The molecule has 7 nitrogen and oxygen atoms in total. The maximum Gasteiger partial charge on any atom is 0.141 e. The van der Waals surface area contributed by atoms with Gasteiger partial charge in [0.15, 0.2) is 0 Å². The van der Waals surface area contributed by atoms with E-state index in [1.165, 1.54) is 0 Å². The quantitative estimate of drug-likeness (QED) is 0.560. The highest BCUT2D eigenvalue weighted by atomic mass is 16.6. The molecule has 3 rings (SSSR count). The second kappa shape index (κ2) is 6.38. The molecule has 3 aromatic heterocycles. The van der Waals surface area contributed by atoms with Gasteiger partial charge >= 0.3 is 0 Å². The van der Waals surface area contributed by atoms with E-state index in [-0.39, 0.29) is 6.04 Å². The number of fused-ring (bicyclic) bond motifs is 1. The van der Waals surface area contributed by atoms with E-state index in [9.17, 15) is 0 Å². The van der Waals surface area contributed by atoms with Gasteiger partial charge in [0.05, 0.1) is 17.9 Å². The van der Waals surface area contributed by atoms with Gasteiger partial charge in [-0.2, -0.15) is 5.10 Å². The zero-order chi connectivity index (χ0) is 15.4. The Kier molecular flexibility index (Phi) is 4.13. The Bertz CT molecular complexity index is 775. The minimum atomic E-state index is 0.246. The van der Waals surface area contributed by atoms with Crippen molar-refractivity contribution < 1.29 is 4.84 Å². The molecule has 0 bridgehead atoms. The molecule has 0 aromatic carbocycles. The van der Waals surface area contributed by atoms with E-state index < -0.39 is 0 Å². The Morgan fingerprint density at radius 3 is 3.18 bits per heavy atom. The average molecular weight is 298 g/mol. The summed E-state index contributed by atoms with van der Waals surface area (Å²) in [5.74, 6) is 0. The third-order valence-corrected chi connectivity index (χ3v) is 3.63. The van der Waals surface area contributed by atoms with Gasteiger partial charge in [0, 0.05) is 36.0 Å². The number of oxime groups is 1. The highest BCUT2D eigenvalue weighted by molar-refractivity contribution is 5.89. The third-order valence-electron chi connectivity index (χ3n) is 3.63. The van der Waals surface area contributed by atoms with Crippen LogP contribution in [0.3, 0.4) is 0 Å². The lowest BCUT2D eigenvalue weighted by Crippen LogP contribution is -2.09. The number of aromatic nitrogens is 5. The van der Waals surface area contributed by atoms with Crippen molar-refractivity contribution in [2.24, 2.45) is 5.16 Å². The van der Waals surface area contributed by atoms with Gasteiger partial charge in [-0.05, 0) is 12.5 Å². The molecule has 0 saturated heterocycles. The fourth-order valence-corrected chi connectivity index (χ4v) is 2.46. The molecule has 0 radical (unpaired) electrons. The van der Waals surface area contributed by atoms with Crippen LogP contribution in [0.4, 0.5) is 0 Å². The summed E-state index contributed by atoms with van der Waals surface area (Å²) >= 11 is 0. The van der Waals surface area contributed by atoms with E-state index >= 15 is 0 Å². The third kappa shape index (κ3) is 2.69. The molecular weight excluding hydrogens is 280 g/mol. The zero-order valence-electron chi connectivity index (χ0n) is 12.6. The summed E-state index contributed by atoms with van der Waals surface area (Å²) in [5, 5.41) is 9.27. The van der Waals surface area contributed by atoms with Gasteiger partial charge in [0.1, 0.15) is 19.1 Å². The first kappa shape index (κ1) is 14.2. The molecular formula is C15H18N6O. The maximum atomic E-state index is 4.71. The molecule has 0 fully saturated rings. The van der Waals surface area contributed by atoms with Gasteiger partial charge in [0.2, 0.25) is 0 Å². The second-order valence-corrected chi connectivity index (χ2v) is 4.94. The van der Waals surface area contributed by atoms with Crippen LogP contribution in [0.5, 0.6) is 0 Å². The summed E-state index contributed by atoms with van der Waals surface area (Å²) in [5.41, 5.74) is 2.70. The predicted octanol–water partition coefficient (Wildman–Crippen LogP) is 2.79. The second-order valence-electron chi connectivity index (χ2n) is 4.94. The highest BCUT2D eigenvalue weighted by Crippen LogP contribution is 2.25. The first-order valence-corrected chi connectivity index (χ1v) is 7.21. The zero-order valence-corrected chi connectivity index (χ0v) is 12.6. The van der Waals surface area contributed by atoms with E-state index in [0.717, 1.165) is 35.1 Å². The largest absolute Gasteiger partial charge is 0.399 e. The van der Waals surface area contributed by atoms with Gasteiger partial charge in [-0.1, -0.05) is 12.1 Å². The molecule has 3 heterocycles. The smallest absolute Gasteiger partial charge is 0.141 e. The first-order chi connectivity index (χ1) is 10.8. The van der Waals surface area contributed by atoms with Crippen molar-refractivity contribution in [3.05, 3.63) is 31.0 Å². The molecule has 114 valence electrons. The van der Waals surface area contributed by atoms with Gasteiger partial charge in [-0.25, -0.2) is 9.97 Å². The SMILES string of the molecule is CCC(C/C=N\OC)n1cc(-c2ncnc3[nH]ccc23)cn1. The number of H-pyrrole nitrogens is 1. The number of rotatable bonds is 6. The van der Waals surface area contributed by atoms with E-state index in [4.69, 9.17) is 4.84 Å². The fourth-order valence-electron chi connectivity index (χ4n) is 2.46. The number of nitrogens with one attached hydrogen (secondary N) is 1. The van der Waals surface area contributed by atoms with Gasteiger partial charge in [0.25, 0.3) is 0 Å². The summed E-state index contributed by atoms with van der Waals surface area (Å²) in [6.07, 6.45) is 10.8. The molecule has 0 aliphatic rings. The Balaban J connectivity index is 1.89. The van der Waals surface area contributed by atoms with Crippen LogP contribution in [0, 0.1) is 0 Å². The summed E-state index contributed by atoms with van der Waals surface area (Å²) in [4.78, 5) is 16.4. The van der Waals surface area contributed by atoms with Crippen LogP contribution < -0.4 is 0 Å². The summed E-state index contributed by atoms with van der Waals surface area (Å²) < 4.78 is 1.96. The molecule has 7 heteroatoms. The molecule has 0 aliphatic carbocycles. The van der Waals surface area contributed by atoms with Crippen molar-refractivity contribution in [1.82, 2.24) is 24.7 Å². The van der Waals surface area contributed by atoms with Crippen LogP contribution >= 0.6 is 0 Å². The molecule has 1 unspecified atom stereocenters. The summed E-state index contributed by atoms with van der Waals surface area (Å²) in [7, 11) is 1.54. The number of hydrogen-bond donors (Lipinski definition) is 1. The van der Waals surface area contributed by atoms with E-state index in [0.29, 0.717) is 0 Å². The van der Waals surface area contributed by atoms with Crippen molar-refractivity contribution >= 4 is 17.2 Å². The van der Waals surface area contributed by atoms with Crippen LogP contribution in [0.25, 0.3) is 22.3 Å². The van der Waals surface area contributed by atoms with Gasteiger partial charge < -0.3 is 9.82 Å². The minimum Gasteiger partial charge on any atom is -0.399 e. The topological polar surface area (TPSA) is 81.0 Å². The molecule has 0 spiro atoms. The minimum absolute atomic E-state index is 0.246. The standard InChI is InChI=1S/C15H18N6O/c1-3-12(4-7-20-22-2)21-9-11(8-19-21)14-13-5-6-16-15(13)18-10-17-14/h5-10,12H,3-4H2,1-2H3,(H,16,17,18)/b20-7-. The van der Waals surface area contributed by atoms with Crippen molar-refractivity contribution in [1.29, 1.82) is 0 Å². The fraction of sp³-hybridized carbons (Fsp3) is 0.333. The van der Waals surface area contributed by atoms with Crippen molar-refractivity contribution in [3.8, 4) is 11.3 Å². The lowest BCUT2D eigenvalue weighted by atomic mass is 10.1. The summed E-state index contributed by atoms with van der Waals surface area (Å²) in [6, 6.07) is 2.22. The Morgan fingerprint density at radius 1 is 1.45 bits per heavy atom. The van der Waals surface area contributed by atoms with E-state index in [2.05, 4.69) is 32.1 Å². The predicted molar refractivity (Wildman–Crippen MR) is 84.6 cm³/mol. The number of nitrogens with zero attached hydrogens (tertiary/aromatic N) is 5. The highest BCUT2D eigenvalue weighted by Gasteiger charge is 2.13. The molecule has 22 heavy (non-hydrogen) atoms. The van der Waals surface area contributed by atoms with Crippen LogP contribution in [-0.4, -0.2) is 38.1 Å². The van der Waals surface area contributed by atoms with Crippen LogP contribution in [0.2, 0.25) is 0 Å². The molecule has 0 saturated carbocycles. The Hall–Kier alpha value is -2.70. The molecule has 3 aromatic rings. The lowest BCUT2D eigenvalue weighted by Gasteiger charge is -2.12. The molecule has 0 amide bonds. The number of aromatic amines is 1. The van der Waals surface area contributed by atoms with Gasteiger partial charge in [-0.15, -0.1) is 0 Å². The number of hydrogen-bond acceptors (Lipinski definition) is 5. The lowest BCUT2D eigenvalue weighted by molar-refractivity contribution is 0.214. The van der Waals surface area contributed by atoms with E-state index in [1.807, 2.05) is 29.3 Å². The van der Waals surface area contributed by atoms with Crippen molar-refractivity contribution in [2.45, 2.75) is 25.8 Å². The Labute approximate surface area is 128 Å². The van der Waals surface area contributed by atoms with Gasteiger partial charge in [-0.3, -0.25) is 4.68 Å². The summed E-state index contributed by atoms with van der Waals surface area (Å²) in [6.45, 7) is 2.13. The normalized spacial score (nSPS) is 13.0. The Morgan fingerprint density at radius 2 is 2.36 bits per heavy atom. The van der Waals surface area contributed by atoms with Crippen LogP contribution in [0.1, 0.15) is 25.8 Å². The van der Waals surface area contributed by atoms with Crippen LogP contribution in [-0.2, 0) is 4.84 Å². The van der Waals surface area contributed by atoms with Crippen molar-refractivity contribution in [3.63, 3.8) is 0 Å². The van der Waals surface area contributed by atoms with Crippen molar-refractivity contribution in [2.75, 3.05) is 7.11 Å². The average Bonchev–Trinajstić information content (AvgIpc) is 3.20. The monoisotopic (exact) mass is 298 g/mol. The molecule has 1 atom stereocenters. The molecule has 1 N–H and O–H groups in total. The van der Waals surface area contributed by atoms with Crippen LogP contribution in [0.15, 0.2) is 36.1 Å². The maximum absolute atomic E-state index is 4.71. The molecule has 0 aliphatic heterocycles. The van der Waals surface area contributed by atoms with E-state index in [1.54, 1.807) is 19.7 Å².